The largest absolute Gasteiger partial charge is 0.371 e. The average Bonchev–Trinajstić information content (AvgIpc) is 2.99. The molecule has 2 atom stereocenters. The number of hydrogen-bond acceptors (Lipinski definition) is 5. The Morgan fingerprint density at radius 1 is 1.41 bits per heavy atom. The Morgan fingerprint density at radius 3 is 2.59 bits per heavy atom. The molecular weight excluding hydrogens is 282 g/mol. The first-order valence-corrected chi connectivity index (χ1v) is 7.81. The van der Waals surface area contributed by atoms with Crippen molar-refractivity contribution in [3.05, 3.63) is 5.82 Å². The van der Waals surface area contributed by atoms with Crippen molar-refractivity contribution in [3.8, 4) is 0 Å². The van der Waals surface area contributed by atoms with Gasteiger partial charge >= 0.3 is 0 Å². The Balaban J connectivity index is 2.25. The zero-order valence-electron chi connectivity index (χ0n) is 14.4. The molecule has 1 saturated heterocycles. The fourth-order valence-electron chi connectivity index (χ4n) is 2.65. The van der Waals surface area contributed by atoms with Crippen molar-refractivity contribution < 1.29 is 9.53 Å². The number of aromatic nitrogens is 4. The second-order valence-electron chi connectivity index (χ2n) is 7.48. The van der Waals surface area contributed by atoms with E-state index in [0.717, 1.165) is 0 Å². The SMILES string of the molecule is CCC(C)(C(=O)N1CCOC(C)(C(C)(C)C)C1)c1nn[nH]n1. The number of hydrogen-bond donors (Lipinski definition) is 1. The summed E-state index contributed by atoms with van der Waals surface area (Å²) in [6.07, 6.45) is 0.620. The summed E-state index contributed by atoms with van der Waals surface area (Å²) < 4.78 is 6.00. The van der Waals surface area contributed by atoms with Crippen LogP contribution in [0.2, 0.25) is 0 Å². The van der Waals surface area contributed by atoms with Crippen LogP contribution in [-0.4, -0.2) is 56.7 Å². The summed E-state index contributed by atoms with van der Waals surface area (Å²) in [4.78, 5) is 15.0. The summed E-state index contributed by atoms with van der Waals surface area (Å²) in [5.74, 6) is 0.485. The van der Waals surface area contributed by atoms with Gasteiger partial charge in [0.25, 0.3) is 0 Å². The molecule has 0 bridgehead atoms. The Hall–Kier alpha value is -1.50. The highest BCUT2D eigenvalue weighted by Crippen LogP contribution is 2.37. The van der Waals surface area contributed by atoms with E-state index in [0.29, 0.717) is 31.9 Å². The summed E-state index contributed by atoms with van der Waals surface area (Å²) in [5, 5.41) is 14.1. The molecule has 2 unspecified atom stereocenters. The average molecular weight is 309 g/mol. The van der Waals surface area contributed by atoms with Crippen LogP contribution >= 0.6 is 0 Å². The van der Waals surface area contributed by atoms with Crippen molar-refractivity contribution in [1.82, 2.24) is 25.5 Å². The zero-order chi connectivity index (χ0) is 16.6. The summed E-state index contributed by atoms with van der Waals surface area (Å²) in [5.41, 5.74) is -1.18. The van der Waals surface area contributed by atoms with Gasteiger partial charge in [-0.3, -0.25) is 4.79 Å². The van der Waals surface area contributed by atoms with Gasteiger partial charge in [0, 0.05) is 6.54 Å². The highest BCUT2D eigenvalue weighted by atomic mass is 16.5. The number of nitrogens with zero attached hydrogens (tertiary/aromatic N) is 4. The summed E-state index contributed by atoms with van der Waals surface area (Å²) in [6.45, 7) is 14.1. The molecule has 22 heavy (non-hydrogen) atoms. The molecule has 0 radical (unpaired) electrons. The monoisotopic (exact) mass is 309 g/mol. The molecule has 0 aliphatic carbocycles. The van der Waals surface area contributed by atoms with Gasteiger partial charge in [0.2, 0.25) is 5.91 Å². The third-order valence-electron chi connectivity index (χ3n) is 5.17. The predicted molar refractivity (Wildman–Crippen MR) is 82.2 cm³/mol. The van der Waals surface area contributed by atoms with Crippen molar-refractivity contribution in [3.63, 3.8) is 0 Å². The smallest absolute Gasteiger partial charge is 0.236 e. The molecule has 7 heteroatoms. The van der Waals surface area contributed by atoms with E-state index in [-0.39, 0.29) is 16.9 Å². The molecule has 124 valence electrons. The van der Waals surface area contributed by atoms with Gasteiger partial charge in [-0.25, -0.2) is 0 Å². The summed E-state index contributed by atoms with van der Waals surface area (Å²) in [6, 6.07) is 0. The summed E-state index contributed by atoms with van der Waals surface area (Å²) in [7, 11) is 0. The van der Waals surface area contributed by atoms with E-state index in [2.05, 4.69) is 48.3 Å². The molecule has 1 N–H and O–H groups in total. The number of morpholine rings is 1. The molecule has 1 aromatic rings. The molecule has 7 nitrogen and oxygen atoms in total. The van der Waals surface area contributed by atoms with Crippen LogP contribution in [-0.2, 0) is 14.9 Å². The van der Waals surface area contributed by atoms with Crippen molar-refractivity contribution in [1.29, 1.82) is 0 Å². The number of tetrazole rings is 1. The van der Waals surface area contributed by atoms with Crippen LogP contribution in [0.15, 0.2) is 0 Å². The van der Waals surface area contributed by atoms with Crippen molar-refractivity contribution >= 4 is 5.91 Å². The van der Waals surface area contributed by atoms with Crippen molar-refractivity contribution in [2.24, 2.45) is 5.41 Å². The Kier molecular flexibility index (Phi) is 4.30. The first-order chi connectivity index (χ1) is 10.1. The first kappa shape index (κ1) is 16.9. The van der Waals surface area contributed by atoms with E-state index < -0.39 is 5.41 Å². The molecule has 1 amide bonds. The van der Waals surface area contributed by atoms with Crippen LogP contribution < -0.4 is 0 Å². The third-order valence-corrected chi connectivity index (χ3v) is 5.17. The second-order valence-corrected chi connectivity index (χ2v) is 7.48. The van der Waals surface area contributed by atoms with Crippen LogP contribution in [0.5, 0.6) is 0 Å². The van der Waals surface area contributed by atoms with E-state index in [1.807, 2.05) is 18.7 Å². The highest BCUT2D eigenvalue weighted by molar-refractivity contribution is 5.87. The lowest BCUT2D eigenvalue weighted by Crippen LogP contribution is -2.60. The number of nitrogens with one attached hydrogen (secondary N) is 1. The number of ether oxygens (including phenoxy) is 1. The van der Waals surface area contributed by atoms with Crippen LogP contribution in [0.3, 0.4) is 0 Å². The van der Waals surface area contributed by atoms with Crippen LogP contribution in [0.25, 0.3) is 0 Å². The molecule has 1 aromatic heterocycles. The number of carbonyl (C=O) groups excluding carboxylic acids is 1. The van der Waals surface area contributed by atoms with E-state index in [1.165, 1.54) is 0 Å². The van der Waals surface area contributed by atoms with Gasteiger partial charge in [-0.05, 0) is 25.7 Å². The van der Waals surface area contributed by atoms with Gasteiger partial charge in [-0.15, -0.1) is 10.2 Å². The van der Waals surface area contributed by atoms with Crippen LogP contribution in [0.1, 0.15) is 53.8 Å². The Morgan fingerprint density at radius 2 is 2.09 bits per heavy atom. The van der Waals surface area contributed by atoms with Gasteiger partial charge in [0.15, 0.2) is 5.82 Å². The number of H-pyrrole nitrogens is 1. The number of aromatic amines is 1. The van der Waals surface area contributed by atoms with Crippen LogP contribution in [0.4, 0.5) is 0 Å². The van der Waals surface area contributed by atoms with Gasteiger partial charge in [-0.2, -0.15) is 5.21 Å². The second kappa shape index (κ2) is 5.61. The minimum atomic E-state index is -0.761. The lowest BCUT2D eigenvalue weighted by molar-refractivity contribution is -0.172. The van der Waals surface area contributed by atoms with E-state index in [9.17, 15) is 4.79 Å². The molecule has 1 aliphatic rings. The maximum atomic E-state index is 13.1. The Labute approximate surface area is 131 Å². The molecule has 2 rings (SSSR count). The molecular formula is C15H27N5O2. The fourth-order valence-corrected chi connectivity index (χ4v) is 2.65. The van der Waals surface area contributed by atoms with Crippen LogP contribution in [0, 0.1) is 5.41 Å². The maximum Gasteiger partial charge on any atom is 0.236 e. The minimum Gasteiger partial charge on any atom is -0.371 e. The fraction of sp³-hybridized carbons (Fsp3) is 0.867. The normalized spacial score (nSPS) is 25.8. The molecule has 1 aliphatic heterocycles. The molecule has 2 heterocycles. The Bertz CT molecular complexity index is 525. The van der Waals surface area contributed by atoms with Gasteiger partial charge in [0.05, 0.1) is 18.8 Å². The van der Waals surface area contributed by atoms with E-state index in [1.54, 1.807) is 0 Å². The van der Waals surface area contributed by atoms with E-state index >= 15 is 0 Å². The number of amides is 1. The lowest BCUT2D eigenvalue weighted by atomic mass is 9.76. The predicted octanol–water partition coefficient (Wildman–Crippen LogP) is 1.53. The summed E-state index contributed by atoms with van der Waals surface area (Å²) >= 11 is 0. The number of carbonyl (C=O) groups is 1. The van der Waals surface area contributed by atoms with E-state index in [4.69, 9.17) is 4.74 Å². The molecule has 0 aromatic carbocycles. The molecule has 0 saturated carbocycles. The number of rotatable bonds is 3. The minimum absolute atomic E-state index is 0.0372. The maximum absolute atomic E-state index is 13.1. The van der Waals surface area contributed by atoms with Crippen molar-refractivity contribution in [2.75, 3.05) is 19.7 Å². The molecule has 1 fully saturated rings. The quantitative estimate of drug-likeness (QED) is 0.915. The van der Waals surface area contributed by atoms with Gasteiger partial charge < -0.3 is 9.64 Å². The van der Waals surface area contributed by atoms with Gasteiger partial charge in [-0.1, -0.05) is 32.9 Å². The topological polar surface area (TPSA) is 84.0 Å². The third kappa shape index (κ3) is 2.74. The first-order valence-electron chi connectivity index (χ1n) is 7.81. The standard InChI is InChI=1S/C15H27N5O2/c1-7-14(5,11-16-18-19-17-11)12(21)20-8-9-22-15(6,10-20)13(2,3)4/h7-10H2,1-6H3,(H,16,17,18,19). The van der Waals surface area contributed by atoms with Crippen molar-refractivity contribution in [2.45, 2.75) is 59.0 Å². The zero-order valence-corrected chi connectivity index (χ0v) is 14.4. The van der Waals surface area contributed by atoms with Gasteiger partial charge in [0.1, 0.15) is 5.41 Å². The molecule has 0 spiro atoms. The highest BCUT2D eigenvalue weighted by Gasteiger charge is 2.47. The lowest BCUT2D eigenvalue weighted by Gasteiger charge is -2.49.